The second kappa shape index (κ2) is 9.69. The van der Waals surface area contributed by atoms with Crippen LogP contribution in [0.4, 0.5) is 16.2 Å². The van der Waals surface area contributed by atoms with Crippen molar-refractivity contribution in [3.05, 3.63) is 54.1 Å². The van der Waals surface area contributed by atoms with Crippen molar-refractivity contribution in [1.82, 2.24) is 10.3 Å². The molecule has 1 aliphatic carbocycles. The maximum absolute atomic E-state index is 12.1. The molecule has 2 saturated heterocycles. The van der Waals surface area contributed by atoms with Crippen molar-refractivity contribution < 1.29 is 19.4 Å². The number of carbonyl (C=O) groups excluding carboxylic acids is 1. The minimum Gasteiger partial charge on any atom is -0.483 e. The van der Waals surface area contributed by atoms with Crippen LogP contribution in [-0.4, -0.2) is 62.0 Å². The Hall–Kier alpha value is -3.65. The number of carboxylic acid groups (broad SMARTS) is 1. The molecular weight excluding hydrogens is 432 g/mol. The lowest BCUT2D eigenvalue weighted by atomic mass is 10.0. The van der Waals surface area contributed by atoms with Crippen molar-refractivity contribution in [2.75, 3.05) is 49.2 Å². The molecule has 3 heterocycles. The Labute approximate surface area is 198 Å². The fourth-order valence-corrected chi connectivity index (χ4v) is 4.67. The number of urea groups is 1. The minimum atomic E-state index is -0.250. The number of hydrogen-bond donors (Lipinski definition) is 2. The first kappa shape index (κ1) is 22.2. The van der Waals surface area contributed by atoms with Crippen molar-refractivity contribution in [2.24, 2.45) is 0 Å². The van der Waals surface area contributed by atoms with E-state index in [0.717, 1.165) is 48.8 Å². The van der Waals surface area contributed by atoms with Gasteiger partial charge in [0.2, 0.25) is 0 Å². The lowest BCUT2D eigenvalue weighted by Crippen LogP contribution is -2.36. The van der Waals surface area contributed by atoms with Crippen LogP contribution in [0.15, 0.2) is 48.5 Å². The Kier molecular flexibility index (Phi) is 6.31. The van der Waals surface area contributed by atoms with Gasteiger partial charge in [0, 0.05) is 48.5 Å². The molecule has 8 heteroatoms. The maximum Gasteiger partial charge on any atom is 0.321 e. The largest absolute Gasteiger partial charge is 0.483 e. The zero-order valence-corrected chi connectivity index (χ0v) is 18.9. The molecule has 3 aromatic rings. The fraction of sp³-hybridized carbons (Fsp3) is 0.346. The highest BCUT2D eigenvalue weighted by molar-refractivity contribution is 5.97. The number of amides is 2. The fourth-order valence-electron chi connectivity index (χ4n) is 4.67. The van der Waals surface area contributed by atoms with E-state index < -0.39 is 0 Å². The van der Waals surface area contributed by atoms with Crippen molar-refractivity contribution in [2.45, 2.75) is 18.8 Å². The maximum atomic E-state index is 12.1. The number of anilines is 2. The molecule has 2 amide bonds. The molecule has 1 saturated carbocycles. The van der Waals surface area contributed by atoms with Gasteiger partial charge in [0.15, 0.2) is 0 Å². The summed E-state index contributed by atoms with van der Waals surface area (Å²) in [5.41, 5.74) is 6.63. The summed E-state index contributed by atoms with van der Waals surface area (Å²) < 4.78 is 5.47. The van der Waals surface area contributed by atoms with Crippen LogP contribution < -0.4 is 15.1 Å². The highest BCUT2D eigenvalue weighted by Gasteiger charge is 2.27. The number of nitrogens with zero attached hydrogens (tertiary/aromatic N) is 3. The predicted octanol–water partition coefficient (Wildman–Crippen LogP) is 3.85. The number of morpholine rings is 1. The molecule has 8 nitrogen and oxygen atoms in total. The van der Waals surface area contributed by atoms with E-state index in [-0.39, 0.29) is 12.5 Å². The monoisotopic (exact) mass is 460 g/mol. The van der Waals surface area contributed by atoms with Gasteiger partial charge in [0.25, 0.3) is 6.47 Å². The van der Waals surface area contributed by atoms with Gasteiger partial charge in [0.05, 0.1) is 24.4 Å². The van der Waals surface area contributed by atoms with Crippen LogP contribution in [0, 0.1) is 0 Å². The number of nitrogens with one attached hydrogen (secondary N) is 1. The van der Waals surface area contributed by atoms with Gasteiger partial charge < -0.3 is 20.1 Å². The molecule has 0 atom stereocenters. The van der Waals surface area contributed by atoms with Crippen molar-refractivity contribution in [1.29, 1.82) is 0 Å². The molecule has 2 aliphatic heterocycles. The number of benzene rings is 2. The molecule has 0 spiro atoms. The van der Waals surface area contributed by atoms with Crippen LogP contribution in [0.2, 0.25) is 0 Å². The number of pyridine rings is 1. The summed E-state index contributed by atoms with van der Waals surface area (Å²) in [6.45, 7) is 4.58. The smallest absolute Gasteiger partial charge is 0.321 e. The summed E-state index contributed by atoms with van der Waals surface area (Å²) >= 11 is 0. The molecule has 0 radical (unpaired) electrons. The SMILES string of the molecule is O=C1NCCN1c1ccc2c(C3CC3)cc(-c3ccc(N4CCOCC4)cc3)nc2c1.O=CO. The molecule has 3 aliphatic rings. The average Bonchev–Trinajstić information content (AvgIpc) is 3.64. The molecule has 0 bridgehead atoms. The van der Waals surface area contributed by atoms with E-state index in [1.165, 1.54) is 29.5 Å². The highest BCUT2D eigenvalue weighted by atomic mass is 16.5. The molecule has 1 aromatic heterocycles. The van der Waals surface area contributed by atoms with Gasteiger partial charge in [-0.05, 0) is 54.7 Å². The first-order valence-corrected chi connectivity index (χ1v) is 11.7. The third-order valence-corrected chi connectivity index (χ3v) is 6.55. The van der Waals surface area contributed by atoms with Crippen LogP contribution in [0.3, 0.4) is 0 Å². The number of fused-ring (bicyclic) bond motifs is 1. The zero-order chi connectivity index (χ0) is 23.5. The predicted molar refractivity (Wildman–Crippen MR) is 132 cm³/mol. The highest BCUT2D eigenvalue weighted by Crippen LogP contribution is 2.44. The molecule has 0 unspecified atom stereocenters. The number of aromatic nitrogens is 1. The van der Waals surface area contributed by atoms with E-state index in [1.807, 2.05) is 0 Å². The lowest BCUT2D eigenvalue weighted by molar-refractivity contribution is -0.122. The van der Waals surface area contributed by atoms with Crippen LogP contribution in [-0.2, 0) is 9.53 Å². The van der Waals surface area contributed by atoms with Gasteiger partial charge >= 0.3 is 6.03 Å². The molecule has 176 valence electrons. The second-order valence-corrected chi connectivity index (χ2v) is 8.71. The van der Waals surface area contributed by atoms with Gasteiger partial charge in [-0.15, -0.1) is 0 Å². The number of rotatable bonds is 4. The van der Waals surface area contributed by atoms with Gasteiger partial charge in [0.1, 0.15) is 0 Å². The summed E-state index contributed by atoms with van der Waals surface area (Å²) in [6, 6.07) is 17.2. The van der Waals surface area contributed by atoms with E-state index >= 15 is 0 Å². The Balaban J connectivity index is 0.000000764. The second-order valence-electron chi connectivity index (χ2n) is 8.71. The third kappa shape index (κ3) is 4.54. The summed E-state index contributed by atoms with van der Waals surface area (Å²) in [6.07, 6.45) is 2.48. The molecule has 2 aromatic carbocycles. The normalized spacial score (nSPS) is 17.8. The Bertz CT molecular complexity index is 1190. The van der Waals surface area contributed by atoms with Crippen LogP contribution in [0.5, 0.6) is 0 Å². The van der Waals surface area contributed by atoms with Gasteiger partial charge in [-0.3, -0.25) is 9.69 Å². The van der Waals surface area contributed by atoms with Gasteiger partial charge in [-0.2, -0.15) is 0 Å². The van der Waals surface area contributed by atoms with Gasteiger partial charge in [-0.1, -0.05) is 18.2 Å². The molecular formula is C26H28N4O4. The number of hydrogen-bond acceptors (Lipinski definition) is 5. The first-order valence-electron chi connectivity index (χ1n) is 11.7. The quantitative estimate of drug-likeness (QED) is 0.575. The van der Waals surface area contributed by atoms with E-state index in [9.17, 15) is 4.79 Å². The third-order valence-electron chi connectivity index (χ3n) is 6.55. The zero-order valence-electron chi connectivity index (χ0n) is 18.9. The van der Waals surface area contributed by atoms with Gasteiger partial charge in [-0.25, -0.2) is 9.78 Å². The van der Waals surface area contributed by atoms with Crippen molar-refractivity contribution in [3.8, 4) is 11.3 Å². The summed E-state index contributed by atoms with van der Waals surface area (Å²) in [4.78, 5) is 29.7. The van der Waals surface area contributed by atoms with Crippen LogP contribution >= 0.6 is 0 Å². The standard InChI is InChI=1S/C25H26N4O2.CH2O2/c30-25-26-9-10-29(25)20-7-8-21-22(17-1-2-17)16-23(27-24(21)15-20)18-3-5-19(6-4-18)28-11-13-31-14-12-28;2-1-3/h3-8,15-17H,1-2,9-14H2,(H,26,30);1H,(H,2,3). The van der Waals surface area contributed by atoms with E-state index in [0.29, 0.717) is 19.0 Å². The number of ether oxygens (including phenoxy) is 1. The summed E-state index contributed by atoms with van der Waals surface area (Å²) in [5.74, 6) is 0.623. The Morgan fingerprint density at radius 1 is 1.00 bits per heavy atom. The van der Waals surface area contributed by atoms with E-state index in [1.54, 1.807) is 4.90 Å². The van der Waals surface area contributed by atoms with E-state index in [4.69, 9.17) is 19.6 Å². The van der Waals surface area contributed by atoms with Crippen LogP contribution in [0.25, 0.3) is 22.2 Å². The molecule has 3 fully saturated rings. The molecule has 2 N–H and O–H groups in total. The topological polar surface area (TPSA) is 95.0 Å². The Morgan fingerprint density at radius 3 is 2.35 bits per heavy atom. The Morgan fingerprint density at radius 2 is 1.71 bits per heavy atom. The molecule has 6 rings (SSSR count). The van der Waals surface area contributed by atoms with Crippen LogP contribution in [0.1, 0.15) is 24.3 Å². The number of carbonyl (C=O) groups is 2. The lowest BCUT2D eigenvalue weighted by Gasteiger charge is -2.28. The summed E-state index contributed by atoms with van der Waals surface area (Å²) in [7, 11) is 0. The average molecular weight is 461 g/mol. The summed E-state index contributed by atoms with van der Waals surface area (Å²) in [5, 5.41) is 11.0. The molecule has 34 heavy (non-hydrogen) atoms. The van der Waals surface area contributed by atoms with Crippen molar-refractivity contribution >= 4 is 34.8 Å². The minimum absolute atomic E-state index is 0.0309. The van der Waals surface area contributed by atoms with Crippen molar-refractivity contribution in [3.63, 3.8) is 0 Å². The first-order chi connectivity index (χ1) is 16.7. The van der Waals surface area contributed by atoms with E-state index in [2.05, 4.69) is 58.7 Å².